The summed E-state index contributed by atoms with van der Waals surface area (Å²) in [6.07, 6.45) is 0.746. The molecule has 0 saturated carbocycles. The zero-order valence-corrected chi connectivity index (χ0v) is 16.7. The van der Waals surface area contributed by atoms with E-state index in [9.17, 15) is 9.59 Å². The highest BCUT2D eigenvalue weighted by atomic mass is 35.5. The van der Waals surface area contributed by atoms with Crippen LogP contribution in [0, 0.1) is 5.92 Å². The van der Waals surface area contributed by atoms with E-state index in [-0.39, 0.29) is 17.9 Å². The number of nitrogens with one attached hydrogen (secondary N) is 2. The molecule has 26 heavy (non-hydrogen) atoms. The SMILES string of the molecule is CCC(C)C(NC(=O)N(C)C)C(=O)Nc1nnc(-c2cccc(Cl)c2)s1. The molecule has 2 N–H and O–H groups in total. The van der Waals surface area contributed by atoms with Crippen molar-refractivity contribution < 1.29 is 9.59 Å². The van der Waals surface area contributed by atoms with Crippen LogP contribution in [0.15, 0.2) is 24.3 Å². The topological polar surface area (TPSA) is 87.2 Å². The van der Waals surface area contributed by atoms with E-state index < -0.39 is 6.04 Å². The van der Waals surface area contributed by atoms with Gasteiger partial charge in [0, 0.05) is 24.7 Å². The minimum atomic E-state index is -0.659. The summed E-state index contributed by atoms with van der Waals surface area (Å²) in [6, 6.07) is 6.28. The Bertz CT molecular complexity index is 780. The summed E-state index contributed by atoms with van der Waals surface area (Å²) in [7, 11) is 3.26. The molecule has 0 fully saturated rings. The molecule has 2 atom stereocenters. The number of nitrogens with zero attached hydrogens (tertiary/aromatic N) is 3. The number of amides is 3. The Labute approximate surface area is 161 Å². The highest BCUT2D eigenvalue weighted by Gasteiger charge is 2.27. The van der Waals surface area contributed by atoms with Crippen LogP contribution < -0.4 is 10.6 Å². The summed E-state index contributed by atoms with van der Waals surface area (Å²) in [5, 5.41) is 15.2. The predicted molar refractivity (Wildman–Crippen MR) is 104 cm³/mol. The summed E-state index contributed by atoms with van der Waals surface area (Å²) in [5.41, 5.74) is 0.829. The molecule has 1 heterocycles. The van der Waals surface area contributed by atoms with Crippen molar-refractivity contribution >= 4 is 40.0 Å². The molecule has 0 aliphatic rings. The zero-order chi connectivity index (χ0) is 19.3. The van der Waals surface area contributed by atoms with Gasteiger partial charge < -0.3 is 10.2 Å². The first kappa shape index (κ1) is 20.1. The molecular weight excluding hydrogens is 374 g/mol. The summed E-state index contributed by atoms with van der Waals surface area (Å²) < 4.78 is 0. The molecule has 0 saturated heterocycles. The minimum absolute atomic E-state index is 0.0285. The highest BCUT2D eigenvalue weighted by Crippen LogP contribution is 2.28. The van der Waals surface area contributed by atoms with Gasteiger partial charge in [0.05, 0.1) is 0 Å². The minimum Gasteiger partial charge on any atom is -0.331 e. The summed E-state index contributed by atoms with van der Waals surface area (Å²) in [4.78, 5) is 26.0. The smallest absolute Gasteiger partial charge is 0.317 e. The Kier molecular flexibility index (Phi) is 6.93. The Morgan fingerprint density at radius 3 is 2.65 bits per heavy atom. The molecule has 2 aromatic rings. The molecule has 0 radical (unpaired) electrons. The second-order valence-electron chi connectivity index (χ2n) is 6.12. The maximum atomic E-state index is 12.6. The number of carbonyl (C=O) groups excluding carboxylic acids is 2. The molecule has 2 unspecified atom stereocenters. The predicted octanol–water partition coefficient (Wildman–Crippen LogP) is 3.48. The normalized spacial score (nSPS) is 13.0. The number of halogens is 1. The number of aromatic nitrogens is 2. The van der Waals surface area contributed by atoms with Gasteiger partial charge in [-0.05, 0) is 18.1 Å². The molecule has 3 amide bonds. The molecule has 2 rings (SSSR count). The number of carbonyl (C=O) groups is 2. The molecule has 9 heteroatoms. The van der Waals surface area contributed by atoms with E-state index in [1.807, 2.05) is 26.0 Å². The van der Waals surface area contributed by atoms with Gasteiger partial charge in [0.15, 0.2) is 0 Å². The van der Waals surface area contributed by atoms with Crippen LogP contribution in [-0.4, -0.2) is 47.2 Å². The lowest BCUT2D eigenvalue weighted by atomic mass is 9.98. The van der Waals surface area contributed by atoms with Crippen LogP contribution in [-0.2, 0) is 4.79 Å². The number of hydrogen-bond acceptors (Lipinski definition) is 5. The fourth-order valence-corrected chi connectivity index (χ4v) is 3.09. The molecular formula is C17H22ClN5O2S. The van der Waals surface area contributed by atoms with Crippen molar-refractivity contribution in [2.24, 2.45) is 5.92 Å². The average molecular weight is 396 g/mol. The lowest BCUT2D eigenvalue weighted by Crippen LogP contribution is -2.50. The zero-order valence-electron chi connectivity index (χ0n) is 15.1. The fraction of sp³-hybridized carbons (Fsp3) is 0.412. The molecule has 7 nitrogen and oxygen atoms in total. The molecule has 140 valence electrons. The van der Waals surface area contributed by atoms with Gasteiger partial charge in [0.2, 0.25) is 11.0 Å². The largest absolute Gasteiger partial charge is 0.331 e. The van der Waals surface area contributed by atoms with Crippen molar-refractivity contribution in [1.29, 1.82) is 0 Å². The third kappa shape index (κ3) is 5.15. The molecule has 1 aromatic carbocycles. The van der Waals surface area contributed by atoms with Gasteiger partial charge in [0.1, 0.15) is 11.0 Å². The standard InChI is InChI=1S/C17H22ClN5O2S/c1-5-10(2)13(19-17(25)23(3)4)14(24)20-16-22-21-15(26-16)11-7-6-8-12(18)9-11/h6-10,13H,5H2,1-4H3,(H,19,25)(H,20,22,24). The Balaban J connectivity index is 2.12. The van der Waals surface area contributed by atoms with Crippen molar-refractivity contribution in [2.45, 2.75) is 26.3 Å². The van der Waals surface area contributed by atoms with Crippen LogP contribution in [0.3, 0.4) is 0 Å². The van der Waals surface area contributed by atoms with Crippen LogP contribution in [0.4, 0.5) is 9.93 Å². The lowest BCUT2D eigenvalue weighted by Gasteiger charge is -2.24. The third-order valence-electron chi connectivity index (χ3n) is 3.91. The van der Waals surface area contributed by atoms with Crippen molar-refractivity contribution in [3.8, 4) is 10.6 Å². The van der Waals surface area contributed by atoms with E-state index in [2.05, 4.69) is 20.8 Å². The summed E-state index contributed by atoms with van der Waals surface area (Å²) >= 11 is 7.24. The summed E-state index contributed by atoms with van der Waals surface area (Å²) in [5.74, 6) is -0.345. The highest BCUT2D eigenvalue weighted by molar-refractivity contribution is 7.18. The number of anilines is 1. The van der Waals surface area contributed by atoms with Gasteiger partial charge in [0.25, 0.3) is 0 Å². The van der Waals surface area contributed by atoms with Crippen LogP contribution in [0.1, 0.15) is 20.3 Å². The molecule has 0 aliphatic heterocycles. The lowest BCUT2D eigenvalue weighted by molar-refractivity contribution is -0.119. The fourth-order valence-electron chi connectivity index (χ4n) is 2.16. The Hall–Kier alpha value is -2.19. The van der Waals surface area contributed by atoms with E-state index in [0.717, 1.165) is 12.0 Å². The van der Waals surface area contributed by atoms with Gasteiger partial charge in [-0.1, -0.05) is 55.3 Å². The van der Waals surface area contributed by atoms with Crippen molar-refractivity contribution in [2.75, 3.05) is 19.4 Å². The quantitative estimate of drug-likeness (QED) is 0.783. The van der Waals surface area contributed by atoms with Crippen LogP contribution >= 0.6 is 22.9 Å². The number of hydrogen-bond donors (Lipinski definition) is 2. The molecule has 0 aliphatic carbocycles. The molecule has 0 spiro atoms. The van der Waals surface area contributed by atoms with Crippen molar-refractivity contribution in [3.05, 3.63) is 29.3 Å². The summed E-state index contributed by atoms with van der Waals surface area (Å²) in [6.45, 7) is 3.88. The maximum Gasteiger partial charge on any atom is 0.317 e. The van der Waals surface area contributed by atoms with Gasteiger partial charge in [-0.25, -0.2) is 4.79 Å². The van der Waals surface area contributed by atoms with Crippen LogP contribution in [0.5, 0.6) is 0 Å². The number of rotatable bonds is 6. The number of urea groups is 1. The van der Waals surface area contributed by atoms with Crippen molar-refractivity contribution in [1.82, 2.24) is 20.4 Å². The van der Waals surface area contributed by atoms with Gasteiger partial charge in [-0.15, -0.1) is 10.2 Å². The molecule has 1 aromatic heterocycles. The Morgan fingerprint density at radius 2 is 2.04 bits per heavy atom. The second-order valence-corrected chi connectivity index (χ2v) is 7.53. The van der Waals surface area contributed by atoms with E-state index >= 15 is 0 Å². The second kappa shape index (κ2) is 8.95. The van der Waals surface area contributed by atoms with Crippen LogP contribution in [0.2, 0.25) is 5.02 Å². The Morgan fingerprint density at radius 1 is 1.31 bits per heavy atom. The monoisotopic (exact) mass is 395 g/mol. The first-order valence-corrected chi connectivity index (χ1v) is 9.39. The van der Waals surface area contributed by atoms with Gasteiger partial charge in [-0.3, -0.25) is 10.1 Å². The third-order valence-corrected chi connectivity index (χ3v) is 5.03. The van der Waals surface area contributed by atoms with Gasteiger partial charge in [-0.2, -0.15) is 0 Å². The average Bonchev–Trinajstić information content (AvgIpc) is 3.07. The molecule has 0 bridgehead atoms. The van der Waals surface area contributed by atoms with E-state index in [4.69, 9.17) is 11.6 Å². The maximum absolute atomic E-state index is 12.6. The van der Waals surface area contributed by atoms with Gasteiger partial charge >= 0.3 is 6.03 Å². The number of benzene rings is 1. The van der Waals surface area contributed by atoms with E-state index in [1.54, 1.807) is 26.2 Å². The van der Waals surface area contributed by atoms with E-state index in [1.165, 1.54) is 16.2 Å². The van der Waals surface area contributed by atoms with E-state index in [0.29, 0.717) is 15.2 Å². The first-order chi connectivity index (χ1) is 12.3. The van der Waals surface area contributed by atoms with Crippen LogP contribution in [0.25, 0.3) is 10.6 Å². The van der Waals surface area contributed by atoms with Crippen molar-refractivity contribution in [3.63, 3.8) is 0 Å². The first-order valence-electron chi connectivity index (χ1n) is 8.20.